The van der Waals surface area contributed by atoms with Crippen molar-refractivity contribution in [3.8, 4) is 0 Å². The van der Waals surface area contributed by atoms with Gasteiger partial charge in [0.25, 0.3) is 0 Å². The molecule has 0 N–H and O–H groups in total. The second-order valence-corrected chi connectivity index (χ2v) is 3.79. The number of benzene rings is 1. The molecular formula is C12H9ClN2O. The van der Waals surface area contributed by atoms with Gasteiger partial charge in [0.15, 0.2) is 0 Å². The van der Waals surface area contributed by atoms with Crippen LogP contribution in [0.3, 0.4) is 0 Å². The Bertz CT molecular complexity index is 526. The van der Waals surface area contributed by atoms with Crippen molar-refractivity contribution in [2.24, 2.45) is 0 Å². The lowest BCUT2D eigenvalue weighted by Crippen LogP contribution is -2.04. The molecule has 0 aliphatic rings. The quantitative estimate of drug-likeness (QED) is 0.748. The molecule has 1 heterocycles. The van der Waals surface area contributed by atoms with Gasteiger partial charge < -0.3 is 0 Å². The van der Waals surface area contributed by atoms with E-state index in [2.05, 4.69) is 9.97 Å². The highest BCUT2D eigenvalue weighted by atomic mass is 35.5. The molecule has 0 unspecified atom stereocenters. The predicted molar refractivity (Wildman–Crippen MR) is 61.7 cm³/mol. The molecule has 2 rings (SSSR count). The number of hydrogen-bond donors (Lipinski definition) is 0. The second-order valence-electron chi connectivity index (χ2n) is 3.38. The van der Waals surface area contributed by atoms with Crippen molar-refractivity contribution in [3.05, 3.63) is 58.6 Å². The Morgan fingerprint density at radius 3 is 2.75 bits per heavy atom. The third kappa shape index (κ3) is 2.09. The Hall–Kier alpha value is -1.74. The summed E-state index contributed by atoms with van der Waals surface area (Å²) in [5, 5.41) is 0.578. The summed E-state index contributed by atoms with van der Waals surface area (Å²) in [4.78, 5) is 19.8. The molecular weight excluding hydrogens is 224 g/mol. The molecule has 0 amide bonds. The highest BCUT2D eigenvalue weighted by Gasteiger charge is 2.11. The summed E-state index contributed by atoms with van der Waals surface area (Å²) in [6, 6.07) is 5.19. The van der Waals surface area contributed by atoms with E-state index in [1.807, 2.05) is 13.0 Å². The lowest BCUT2D eigenvalue weighted by atomic mass is 10.1. The summed E-state index contributed by atoms with van der Waals surface area (Å²) in [6.45, 7) is 1.89. The van der Waals surface area contributed by atoms with E-state index in [-0.39, 0.29) is 5.78 Å². The van der Waals surface area contributed by atoms with Crippen molar-refractivity contribution in [2.45, 2.75) is 6.92 Å². The van der Waals surface area contributed by atoms with Crippen LogP contribution < -0.4 is 0 Å². The summed E-state index contributed by atoms with van der Waals surface area (Å²) in [5.41, 5.74) is 1.79. The van der Waals surface area contributed by atoms with Crippen LogP contribution >= 0.6 is 11.6 Å². The van der Waals surface area contributed by atoms with E-state index in [4.69, 9.17) is 11.6 Å². The molecule has 4 heteroatoms. The molecule has 0 radical (unpaired) electrons. The van der Waals surface area contributed by atoms with Crippen LogP contribution in [0.25, 0.3) is 0 Å². The molecule has 80 valence electrons. The number of carbonyl (C=O) groups excluding carboxylic acids is 1. The number of aryl methyl sites for hydroxylation is 1. The Morgan fingerprint density at radius 1 is 1.31 bits per heavy atom. The molecule has 1 aromatic heterocycles. The van der Waals surface area contributed by atoms with E-state index in [0.29, 0.717) is 16.3 Å². The monoisotopic (exact) mass is 232 g/mol. The average molecular weight is 233 g/mol. The Kier molecular flexibility index (Phi) is 2.97. The highest BCUT2D eigenvalue weighted by molar-refractivity contribution is 6.31. The Morgan fingerprint density at radius 2 is 2.12 bits per heavy atom. The van der Waals surface area contributed by atoms with Crippen LogP contribution in [-0.4, -0.2) is 15.8 Å². The van der Waals surface area contributed by atoms with E-state index in [9.17, 15) is 4.79 Å². The van der Waals surface area contributed by atoms with Gasteiger partial charge in [0.05, 0.1) is 6.20 Å². The SMILES string of the molecule is Cc1ccc(C(=O)c2cnccn2)cc1Cl. The third-order valence-electron chi connectivity index (χ3n) is 2.23. The van der Waals surface area contributed by atoms with E-state index >= 15 is 0 Å². The van der Waals surface area contributed by atoms with Gasteiger partial charge in [-0.15, -0.1) is 0 Å². The maximum absolute atomic E-state index is 11.9. The summed E-state index contributed by atoms with van der Waals surface area (Å²) in [5.74, 6) is -0.171. The van der Waals surface area contributed by atoms with Crippen molar-refractivity contribution in [2.75, 3.05) is 0 Å². The number of nitrogens with zero attached hydrogens (tertiary/aromatic N) is 2. The Balaban J connectivity index is 2.39. The topological polar surface area (TPSA) is 42.9 Å². The fourth-order valence-electron chi connectivity index (χ4n) is 1.30. The van der Waals surface area contributed by atoms with Crippen molar-refractivity contribution in [1.82, 2.24) is 9.97 Å². The first-order chi connectivity index (χ1) is 7.68. The van der Waals surface area contributed by atoms with Crippen LogP contribution in [0.5, 0.6) is 0 Å². The van der Waals surface area contributed by atoms with Gasteiger partial charge >= 0.3 is 0 Å². The summed E-state index contributed by atoms with van der Waals surface area (Å²) in [6.07, 6.45) is 4.46. The third-order valence-corrected chi connectivity index (χ3v) is 2.64. The lowest BCUT2D eigenvalue weighted by molar-refractivity contribution is 0.103. The summed E-state index contributed by atoms with van der Waals surface area (Å²) >= 11 is 5.96. The van der Waals surface area contributed by atoms with Gasteiger partial charge in [0.2, 0.25) is 5.78 Å². The number of ketones is 1. The summed E-state index contributed by atoms with van der Waals surface area (Å²) < 4.78 is 0. The van der Waals surface area contributed by atoms with Gasteiger partial charge in [0.1, 0.15) is 5.69 Å². The van der Waals surface area contributed by atoms with E-state index in [0.717, 1.165) is 5.56 Å². The predicted octanol–water partition coefficient (Wildman–Crippen LogP) is 2.67. The Labute approximate surface area is 98.1 Å². The molecule has 0 atom stereocenters. The van der Waals surface area contributed by atoms with Gasteiger partial charge in [-0.05, 0) is 18.6 Å². The van der Waals surface area contributed by atoms with Crippen molar-refractivity contribution < 1.29 is 4.79 Å². The molecule has 16 heavy (non-hydrogen) atoms. The number of rotatable bonds is 2. The zero-order valence-corrected chi connectivity index (χ0v) is 9.40. The maximum Gasteiger partial charge on any atom is 0.212 e. The molecule has 0 saturated heterocycles. The maximum atomic E-state index is 11.9. The fourth-order valence-corrected chi connectivity index (χ4v) is 1.48. The van der Waals surface area contributed by atoms with Crippen LogP contribution in [0, 0.1) is 6.92 Å². The van der Waals surface area contributed by atoms with Crippen LogP contribution in [0.1, 0.15) is 21.6 Å². The van der Waals surface area contributed by atoms with Crippen molar-refractivity contribution in [3.63, 3.8) is 0 Å². The molecule has 0 aliphatic heterocycles. The largest absolute Gasteiger partial charge is 0.287 e. The molecule has 0 spiro atoms. The molecule has 0 saturated carbocycles. The number of hydrogen-bond acceptors (Lipinski definition) is 3. The molecule has 1 aromatic carbocycles. The normalized spacial score (nSPS) is 10.1. The van der Waals surface area contributed by atoms with Crippen LogP contribution in [0.2, 0.25) is 5.02 Å². The number of carbonyl (C=O) groups is 1. The van der Waals surface area contributed by atoms with Crippen LogP contribution in [0.15, 0.2) is 36.8 Å². The number of aromatic nitrogens is 2. The molecule has 2 aromatic rings. The van der Waals surface area contributed by atoms with Crippen molar-refractivity contribution in [1.29, 1.82) is 0 Å². The fraction of sp³-hybridized carbons (Fsp3) is 0.0833. The molecule has 3 nitrogen and oxygen atoms in total. The van der Waals surface area contributed by atoms with E-state index in [1.165, 1.54) is 18.6 Å². The van der Waals surface area contributed by atoms with Gasteiger partial charge in [0, 0.05) is 23.0 Å². The smallest absolute Gasteiger partial charge is 0.212 e. The molecule has 0 fully saturated rings. The minimum atomic E-state index is -0.171. The minimum absolute atomic E-state index is 0.171. The first kappa shape index (κ1) is 10.8. The summed E-state index contributed by atoms with van der Waals surface area (Å²) in [7, 11) is 0. The average Bonchev–Trinajstić information content (AvgIpc) is 2.33. The van der Waals surface area contributed by atoms with Gasteiger partial charge in [-0.25, -0.2) is 4.98 Å². The lowest BCUT2D eigenvalue weighted by Gasteiger charge is -2.02. The number of halogens is 1. The standard InChI is InChI=1S/C12H9ClN2O/c1-8-2-3-9(6-10(8)13)12(16)11-7-14-4-5-15-11/h2-7H,1H3. The molecule has 0 bridgehead atoms. The van der Waals surface area contributed by atoms with Crippen LogP contribution in [-0.2, 0) is 0 Å². The molecule has 0 aliphatic carbocycles. The van der Waals surface area contributed by atoms with Crippen molar-refractivity contribution >= 4 is 17.4 Å². The van der Waals surface area contributed by atoms with Gasteiger partial charge in [-0.2, -0.15) is 0 Å². The zero-order valence-electron chi connectivity index (χ0n) is 8.64. The first-order valence-corrected chi connectivity index (χ1v) is 5.13. The van der Waals surface area contributed by atoms with E-state index < -0.39 is 0 Å². The van der Waals surface area contributed by atoms with Gasteiger partial charge in [-0.3, -0.25) is 9.78 Å². The van der Waals surface area contributed by atoms with Gasteiger partial charge in [-0.1, -0.05) is 23.7 Å². The van der Waals surface area contributed by atoms with E-state index in [1.54, 1.807) is 12.1 Å². The highest BCUT2D eigenvalue weighted by Crippen LogP contribution is 2.18. The van der Waals surface area contributed by atoms with Crippen LogP contribution in [0.4, 0.5) is 0 Å². The minimum Gasteiger partial charge on any atom is -0.287 e. The second kappa shape index (κ2) is 4.41. The zero-order chi connectivity index (χ0) is 11.5. The first-order valence-electron chi connectivity index (χ1n) is 4.75.